The van der Waals surface area contributed by atoms with Gasteiger partial charge in [-0.1, -0.05) is 56.3 Å². The maximum absolute atomic E-state index is 13.8. The molecule has 0 saturated carbocycles. The zero-order valence-electron chi connectivity index (χ0n) is 19.7. The Balaban J connectivity index is 1.57. The number of nitrogens with zero attached hydrogens (tertiary/aromatic N) is 3. The van der Waals surface area contributed by atoms with Gasteiger partial charge in [0.2, 0.25) is 5.91 Å². The summed E-state index contributed by atoms with van der Waals surface area (Å²) in [5.74, 6) is 0.0736. The van der Waals surface area contributed by atoms with E-state index in [-0.39, 0.29) is 36.8 Å². The number of aliphatic imine (C=N–C) groups is 1. The van der Waals surface area contributed by atoms with Crippen molar-refractivity contribution in [2.75, 3.05) is 19.6 Å². The first kappa shape index (κ1) is 23.5. The summed E-state index contributed by atoms with van der Waals surface area (Å²) in [5, 5.41) is 2.72. The van der Waals surface area contributed by atoms with Gasteiger partial charge in [-0.2, -0.15) is 0 Å². The van der Waals surface area contributed by atoms with E-state index in [2.05, 4.69) is 19.2 Å². The van der Waals surface area contributed by atoms with Crippen LogP contribution in [0.3, 0.4) is 0 Å². The van der Waals surface area contributed by atoms with Crippen LogP contribution in [0, 0.1) is 5.92 Å². The standard InChI is InChI=1S/C26H31N5O3/c1-18(2)11-12-26(21-9-4-3-5-10-21)24(34)31(25(27)29-26)16-19-7-6-8-20(15-19)23(33)30-14-13-28-22(32)17-30/h3-10,15,18H,11-14,16-17H2,1-2H3,(H2,27,29)(H,28,32)/t26-/m0/s1. The van der Waals surface area contributed by atoms with Crippen LogP contribution < -0.4 is 11.1 Å². The summed E-state index contributed by atoms with van der Waals surface area (Å²) < 4.78 is 0. The van der Waals surface area contributed by atoms with Crippen molar-refractivity contribution in [3.63, 3.8) is 0 Å². The van der Waals surface area contributed by atoms with Crippen molar-refractivity contribution in [2.45, 2.75) is 38.8 Å². The summed E-state index contributed by atoms with van der Waals surface area (Å²) in [6, 6.07) is 16.7. The summed E-state index contributed by atoms with van der Waals surface area (Å²) >= 11 is 0. The molecule has 1 atom stereocenters. The lowest BCUT2D eigenvalue weighted by atomic mass is 9.83. The van der Waals surface area contributed by atoms with E-state index in [1.165, 1.54) is 9.80 Å². The molecular weight excluding hydrogens is 430 g/mol. The van der Waals surface area contributed by atoms with E-state index < -0.39 is 5.54 Å². The van der Waals surface area contributed by atoms with Crippen LogP contribution in [0.5, 0.6) is 0 Å². The quantitative estimate of drug-likeness (QED) is 0.659. The minimum absolute atomic E-state index is 0.0444. The normalized spacial score (nSPS) is 20.5. The van der Waals surface area contributed by atoms with Gasteiger partial charge >= 0.3 is 0 Å². The summed E-state index contributed by atoms with van der Waals surface area (Å²) in [6.07, 6.45) is 1.40. The maximum atomic E-state index is 13.8. The van der Waals surface area contributed by atoms with Crippen LogP contribution in [0.4, 0.5) is 0 Å². The van der Waals surface area contributed by atoms with E-state index in [4.69, 9.17) is 10.7 Å². The highest BCUT2D eigenvalue weighted by Gasteiger charge is 2.48. The fourth-order valence-electron chi connectivity index (χ4n) is 4.47. The van der Waals surface area contributed by atoms with Gasteiger partial charge in [-0.15, -0.1) is 0 Å². The van der Waals surface area contributed by atoms with Gasteiger partial charge in [-0.05, 0) is 42.0 Å². The number of hydrogen-bond donors (Lipinski definition) is 2. The Morgan fingerprint density at radius 2 is 1.91 bits per heavy atom. The summed E-state index contributed by atoms with van der Waals surface area (Å²) in [6.45, 7) is 5.41. The molecule has 3 amide bonds. The smallest absolute Gasteiger partial charge is 0.262 e. The fourth-order valence-corrected chi connectivity index (χ4v) is 4.47. The second-order valence-electron chi connectivity index (χ2n) is 9.30. The molecular formula is C26H31N5O3. The SMILES string of the molecule is CC(C)CC[C@@]1(c2ccccc2)N=C(N)N(Cc2cccc(C(=O)N3CCNC(=O)C3)c2)C1=O. The third kappa shape index (κ3) is 4.66. The third-order valence-corrected chi connectivity index (χ3v) is 6.36. The highest BCUT2D eigenvalue weighted by Crippen LogP contribution is 2.38. The molecule has 2 aromatic rings. The number of piperazine rings is 1. The molecule has 34 heavy (non-hydrogen) atoms. The highest BCUT2D eigenvalue weighted by molar-refractivity contribution is 6.07. The lowest BCUT2D eigenvalue weighted by Gasteiger charge is -2.28. The van der Waals surface area contributed by atoms with Gasteiger partial charge in [-0.25, -0.2) is 4.99 Å². The van der Waals surface area contributed by atoms with E-state index in [1.54, 1.807) is 18.2 Å². The van der Waals surface area contributed by atoms with Gasteiger partial charge < -0.3 is 16.0 Å². The predicted octanol–water partition coefficient (Wildman–Crippen LogP) is 2.25. The Labute approximate surface area is 199 Å². The number of nitrogens with two attached hydrogens (primary N) is 1. The minimum atomic E-state index is -1.04. The Kier molecular flexibility index (Phi) is 6.68. The molecule has 0 bridgehead atoms. The first-order valence-corrected chi connectivity index (χ1v) is 11.7. The van der Waals surface area contributed by atoms with E-state index in [1.807, 2.05) is 36.4 Å². The molecule has 2 heterocycles. The molecule has 0 aliphatic carbocycles. The fraction of sp³-hybridized carbons (Fsp3) is 0.385. The number of carbonyl (C=O) groups excluding carboxylic acids is 3. The summed E-state index contributed by atoms with van der Waals surface area (Å²) in [7, 11) is 0. The van der Waals surface area contributed by atoms with Crippen LogP contribution in [0.2, 0.25) is 0 Å². The van der Waals surface area contributed by atoms with E-state index >= 15 is 0 Å². The van der Waals surface area contributed by atoms with Gasteiger partial charge in [0.05, 0.1) is 13.1 Å². The Hall–Kier alpha value is -3.68. The van der Waals surface area contributed by atoms with Crippen LogP contribution >= 0.6 is 0 Å². The Bertz CT molecular complexity index is 1110. The summed E-state index contributed by atoms with van der Waals surface area (Å²) in [4.78, 5) is 46.1. The van der Waals surface area contributed by atoms with E-state index in [0.29, 0.717) is 31.0 Å². The molecule has 178 valence electrons. The molecule has 2 aliphatic rings. The molecule has 0 spiro atoms. The van der Waals surface area contributed by atoms with Gasteiger partial charge in [0.1, 0.15) is 0 Å². The van der Waals surface area contributed by atoms with Crippen molar-refractivity contribution in [2.24, 2.45) is 16.6 Å². The lowest BCUT2D eigenvalue weighted by Crippen LogP contribution is -2.50. The number of carbonyl (C=O) groups is 3. The molecule has 1 saturated heterocycles. The second kappa shape index (κ2) is 9.67. The molecule has 4 rings (SSSR count). The van der Waals surface area contributed by atoms with Gasteiger partial charge in [0, 0.05) is 18.7 Å². The van der Waals surface area contributed by atoms with Crippen molar-refractivity contribution in [1.29, 1.82) is 0 Å². The zero-order valence-corrected chi connectivity index (χ0v) is 19.7. The van der Waals surface area contributed by atoms with Crippen molar-refractivity contribution in [3.8, 4) is 0 Å². The monoisotopic (exact) mass is 461 g/mol. The Morgan fingerprint density at radius 3 is 2.62 bits per heavy atom. The van der Waals surface area contributed by atoms with Crippen molar-refractivity contribution < 1.29 is 14.4 Å². The van der Waals surface area contributed by atoms with E-state index in [0.717, 1.165) is 17.5 Å². The second-order valence-corrected chi connectivity index (χ2v) is 9.30. The third-order valence-electron chi connectivity index (χ3n) is 6.36. The van der Waals surface area contributed by atoms with Crippen LogP contribution in [-0.2, 0) is 21.7 Å². The number of rotatable bonds is 7. The Morgan fingerprint density at radius 1 is 1.15 bits per heavy atom. The van der Waals surface area contributed by atoms with Crippen LogP contribution in [-0.4, -0.2) is 53.1 Å². The number of amides is 3. The average Bonchev–Trinajstić information content (AvgIpc) is 3.08. The van der Waals surface area contributed by atoms with E-state index in [9.17, 15) is 14.4 Å². The highest BCUT2D eigenvalue weighted by atomic mass is 16.2. The number of benzene rings is 2. The topological polar surface area (TPSA) is 108 Å². The lowest BCUT2D eigenvalue weighted by molar-refractivity contribution is -0.132. The molecule has 3 N–H and O–H groups in total. The zero-order chi connectivity index (χ0) is 24.3. The largest absolute Gasteiger partial charge is 0.369 e. The van der Waals surface area contributed by atoms with Crippen molar-refractivity contribution in [1.82, 2.24) is 15.1 Å². The molecule has 2 aromatic carbocycles. The van der Waals surface area contributed by atoms with Gasteiger partial charge in [-0.3, -0.25) is 19.3 Å². The van der Waals surface area contributed by atoms with Gasteiger partial charge in [0.25, 0.3) is 11.8 Å². The summed E-state index contributed by atoms with van der Waals surface area (Å²) in [5.41, 5.74) is 7.34. The average molecular weight is 462 g/mol. The first-order chi connectivity index (χ1) is 16.3. The molecule has 0 radical (unpaired) electrons. The predicted molar refractivity (Wildman–Crippen MR) is 130 cm³/mol. The number of hydrogen-bond acceptors (Lipinski definition) is 5. The van der Waals surface area contributed by atoms with Gasteiger partial charge in [0.15, 0.2) is 11.5 Å². The molecule has 2 aliphatic heterocycles. The molecule has 0 aromatic heterocycles. The number of guanidine groups is 1. The first-order valence-electron chi connectivity index (χ1n) is 11.7. The minimum Gasteiger partial charge on any atom is -0.369 e. The number of nitrogens with one attached hydrogen (secondary N) is 1. The molecule has 1 fully saturated rings. The molecule has 8 heteroatoms. The van der Waals surface area contributed by atoms with Crippen LogP contribution in [0.25, 0.3) is 0 Å². The van der Waals surface area contributed by atoms with Crippen LogP contribution in [0.15, 0.2) is 59.6 Å². The van der Waals surface area contributed by atoms with Crippen molar-refractivity contribution >= 4 is 23.7 Å². The van der Waals surface area contributed by atoms with Crippen molar-refractivity contribution in [3.05, 3.63) is 71.3 Å². The van der Waals surface area contributed by atoms with Crippen LogP contribution in [0.1, 0.15) is 48.2 Å². The molecule has 0 unspecified atom stereocenters. The maximum Gasteiger partial charge on any atom is 0.262 e. The molecule has 8 nitrogen and oxygen atoms in total.